The zero-order valence-corrected chi connectivity index (χ0v) is 12.5. The van der Waals surface area contributed by atoms with Gasteiger partial charge in [0.05, 0.1) is 6.54 Å². The molecule has 4 nitrogen and oxygen atoms in total. The van der Waals surface area contributed by atoms with Crippen LogP contribution in [0.15, 0.2) is 16.5 Å². The predicted octanol–water partition coefficient (Wildman–Crippen LogP) is 2.36. The second-order valence-corrected chi connectivity index (χ2v) is 5.16. The smallest absolute Gasteiger partial charge is 0.222 e. The van der Waals surface area contributed by atoms with Gasteiger partial charge < -0.3 is 14.6 Å². The lowest BCUT2D eigenvalue weighted by atomic mass is 9.94. The fourth-order valence-electron chi connectivity index (χ4n) is 2.38. The van der Waals surface area contributed by atoms with Crippen LogP contribution in [-0.2, 0) is 11.3 Å². The van der Waals surface area contributed by atoms with E-state index in [0.29, 0.717) is 18.9 Å². The van der Waals surface area contributed by atoms with Crippen molar-refractivity contribution in [2.24, 2.45) is 5.92 Å². The second kappa shape index (κ2) is 7.56. The van der Waals surface area contributed by atoms with E-state index >= 15 is 0 Å². The molecule has 1 amide bonds. The van der Waals surface area contributed by atoms with E-state index in [1.54, 1.807) is 4.90 Å². The molecule has 1 fully saturated rings. The summed E-state index contributed by atoms with van der Waals surface area (Å²) >= 11 is 0. The maximum absolute atomic E-state index is 12.1. The fourth-order valence-corrected chi connectivity index (χ4v) is 2.38. The number of nitrogens with zero attached hydrogens (tertiary/aromatic N) is 1. The molecule has 19 heavy (non-hydrogen) atoms. The largest absolute Gasteiger partial charge is 0.464 e. The molecule has 2 rings (SSSR count). The first-order chi connectivity index (χ1) is 8.65. The Morgan fingerprint density at radius 1 is 1.42 bits per heavy atom. The van der Waals surface area contributed by atoms with E-state index in [0.717, 1.165) is 37.5 Å². The molecule has 0 aromatic carbocycles. The van der Waals surface area contributed by atoms with E-state index in [-0.39, 0.29) is 18.3 Å². The van der Waals surface area contributed by atoms with Crippen molar-refractivity contribution in [2.45, 2.75) is 32.7 Å². The molecule has 0 spiro atoms. The first-order valence-electron chi connectivity index (χ1n) is 6.65. The van der Waals surface area contributed by atoms with Crippen LogP contribution in [0.1, 0.15) is 30.8 Å². The SMILES string of the molecule is Cc1ccc(CN(C)C(=O)CC2CCNCC2)o1.Cl. The van der Waals surface area contributed by atoms with Crippen molar-refractivity contribution in [3.05, 3.63) is 23.7 Å². The molecule has 0 atom stereocenters. The number of nitrogens with one attached hydrogen (secondary N) is 1. The Morgan fingerprint density at radius 2 is 2.11 bits per heavy atom. The summed E-state index contributed by atoms with van der Waals surface area (Å²) in [5.74, 6) is 2.51. The Morgan fingerprint density at radius 3 is 2.68 bits per heavy atom. The number of aryl methyl sites for hydroxylation is 1. The minimum atomic E-state index is 0. The monoisotopic (exact) mass is 286 g/mol. The Hall–Kier alpha value is -1.00. The molecule has 1 aromatic rings. The van der Waals surface area contributed by atoms with Crippen molar-refractivity contribution in [2.75, 3.05) is 20.1 Å². The maximum atomic E-state index is 12.1. The van der Waals surface area contributed by atoms with Gasteiger partial charge in [-0.2, -0.15) is 0 Å². The van der Waals surface area contributed by atoms with Gasteiger partial charge in [0.25, 0.3) is 0 Å². The van der Waals surface area contributed by atoms with Crippen LogP contribution >= 0.6 is 12.4 Å². The van der Waals surface area contributed by atoms with Gasteiger partial charge in [0.2, 0.25) is 5.91 Å². The van der Waals surface area contributed by atoms with E-state index in [9.17, 15) is 4.79 Å². The van der Waals surface area contributed by atoms with Gasteiger partial charge in [-0.25, -0.2) is 0 Å². The van der Waals surface area contributed by atoms with Crippen molar-refractivity contribution in [1.29, 1.82) is 0 Å². The molecule has 0 bridgehead atoms. The van der Waals surface area contributed by atoms with E-state index in [2.05, 4.69) is 5.32 Å². The van der Waals surface area contributed by atoms with Crippen LogP contribution in [-0.4, -0.2) is 30.9 Å². The molecule has 1 saturated heterocycles. The highest BCUT2D eigenvalue weighted by Gasteiger charge is 2.19. The minimum absolute atomic E-state index is 0. The zero-order chi connectivity index (χ0) is 13.0. The molecule has 0 saturated carbocycles. The molecule has 1 aromatic heterocycles. The van der Waals surface area contributed by atoms with Crippen LogP contribution in [0.5, 0.6) is 0 Å². The van der Waals surface area contributed by atoms with Gasteiger partial charge in [-0.1, -0.05) is 0 Å². The quantitative estimate of drug-likeness (QED) is 0.924. The number of hydrogen-bond acceptors (Lipinski definition) is 3. The normalized spacial score (nSPS) is 15.9. The average Bonchev–Trinajstić information content (AvgIpc) is 2.76. The van der Waals surface area contributed by atoms with Crippen LogP contribution in [0.4, 0.5) is 0 Å². The molecular weight excluding hydrogens is 264 g/mol. The van der Waals surface area contributed by atoms with Crippen LogP contribution in [0, 0.1) is 12.8 Å². The van der Waals surface area contributed by atoms with Crippen molar-refractivity contribution in [3.63, 3.8) is 0 Å². The third kappa shape index (κ3) is 4.88. The van der Waals surface area contributed by atoms with Gasteiger partial charge in [-0.3, -0.25) is 4.79 Å². The molecule has 1 N–H and O–H groups in total. The number of hydrogen-bond donors (Lipinski definition) is 1. The van der Waals surface area contributed by atoms with Gasteiger partial charge in [-0.05, 0) is 50.9 Å². The van der Waals surface area contributed by atoms with Gasteiger partial charge in [-0.15, -0.1) is 12.4 Å². The molecule has 0 aliphatic carbocycles. The summed E-state index contributed by atoms with van der Waals surface area (Å²) < 4.78 is 5.49. The highest BCUT2D eigenvalue weighted by molar-refractivity contribution is 5.85. The number of carbonyl (C=O) groups excluding carboxylic acids is 1. The molecule has 0 unspecified atom stereocenters. The van der Waals surface area contributed by atoms with E-state index < -0.39 is 0 Å². The molecule has 1 aliphatic rings. The summed E-state index contributed by atoms with van der Waals surface area (Å²) in [6.45, 7) is 4.57. The number of halogens is 1. The standard InChI is InChI=1S/C14H22N2O2.ClH/c1-11-3-4-13(18-11)10-16(2)14(17)9-12-5-7-15-8-6-12;/h3-4,12,15H,5-10H2,1-2H3;1H. The molecule has 5 heteroatoms. The Bertz CT molecular complexity index is 400. The van der Waals surface area contributed by atoms with E-state index in [1.165, 1.54) is 0 Å². The molecule has 2 heterocycles. The van der Waals surface area contributed by atoms with Crippen molar-refractivity contribution >= 4 is 18.3 Å². The maximum Gasteiger partial charge on any atom is 0.222 e. The summed E-state index contributed by atoms with van der Waals surface area (Å²) in [7, 11) is 1.85. The zero-order valence-electron chi connectivity index (χ0n) is 11.6. The molecule has 0 radical (unpaired) electrons. The fraction of sp³-hybridized carbons (Fsp3) is 0.643. The van der Waals surface area contributed by atoms with Gasteiger partial charge in [0, 0.05) is 13.5 Å². The van der Waals surface area contributed by atoms with E-state index in [4.69, 9.17) is 4.42 Å². The summed E-state index contributed by atoms with van der Waals surface area (Å²) in [6.07, 6.45) is 2.89. The van der Waals surface area contributed by atoms with Crippen LogP contribution in [0.2, 0.25) is 0 Å². The first-order valence-corrected chi connectivity index (χ1v) is 6.65. The molecule has 108 valence electrons. The third-order valence-electron chi connectivity index (χ3n) is 3.54. The number of carbonyl (C=O) groups is 1. The first kappa shape index (κ1) is 16.1. The summed E-state index contributed by atoms with van der Waals surface area (Å²) in [5, 5.41) is 3.32. The Labute approximate surface area is 120 Å². The van der Waals surface area contributed by atoms with Crippen LogP contribution in [0.3, 0.4) is 0 Å². The summed E-state index contributed by atoms with van der Waals surface area (Å²) in [4.78, 5) is 13.9. The van der Waals surface area contributed by atoms with Gasteiger partial charge >= 0.3 is 0 Å². The minimum Gasteiger partial charge on any atom is -0.464 e. The third-order valence-corrected chi connectivity index (χ3v) is 3.54. The number of furan rings is 1. The second-order valence-electron chi connectivity index (χ2n) is 5.16. The number of amides is 1. The lowest BCUT2D eigenvalue weighted by Gasteiger charge is -2.24. The predicted molar refractivity (Wildman–Crippen MR) is 77.4 cm³/mol. The van der Waals surface area contributed by atoms with Gasteiger partial charge in [0.1, 0.15) is 11.5 Å². The topological polar surface area (TPSA) is 45.5 Å². The Kier molecular flexibility index (Phi) is 6.38. The van der Waals surface area contributed by atoms with Crippen LogP contribution in [0.25, 0.3) is 0 Å². The number of rotatable bonds is 4. The Balaban J connectivity index is 0.00000180. The molecular formula is C14H23ClN2O2. The number of piperidine rings is 1. The van der Waals surface area contributed by atoms with Crippen molar-refractivity contribution in [1.82, 2.24) is 10.2 Å². The van der Waals surface area contributed by atoms with Crippen LogP contribution < -0.4 is 5.32 Å². The highest BCUT2D eigenvalue weighted by Crippen LogP contribution is 2.18. The lowest BCUT2D eigenvalue weighted by molar-refractivity contribution is -0.131. The van der Waals surface area contributed by atoms with Crippen molar-refractivity contribution < 1.29 is 9.21 Å². The highest BCUT2D eigenvalue weighted by atomic mass is 35.5. The lowest BCUT2D eigenvalue weighted by Crippen LogP contribution is -2.33. The average molecular weight is 287 g/mol. The summed E-state index contributed by atoms with van der Waals surface area (Å²) in [6, 6.07) is 3.87. The van der Waals surface area contributed by atoms with Gasteiger partial charge in [0.15, 0.2) is 0 Å². The van der Waals surface area contributed by atoms with E-state index in [1.807, 2.05) is 26.1 Å². The van der Waals surface area contributed by atoms with Crippen molar-refractivity contribution in [3.8, 4) is 0 Å². The molecule has 1 aliphatic heterocycles. The summed E-state index contributed by atoms with van der Waals surface area (Å²) in [5.41, 5.74) is 0.